The highest BCUT2D eigenvalue weighted by atomic mass is 32.1. The van der Waals surface area contributed by atoms with Crippen molar-refractivity contribution in [2.45, 2.75) is 27.2 Å². The summed E-state index contributed by atoms with van der Waals surface area (Å²) in [6, 6.07) is 3.99. The van der Waals surface area contributed by atoms with Crippen molar-refractivity contribution < 1.29 is 9.90 Å². The van der Waals surface area contributed by atoms with E-state index >= 15 is 0 Å². The standard InChI is InChI=1S/C11H14O2S/c1-4-9(11(12)13)8(3)10-6-5-7(2)14-10/h5-6H,4H2,1-3H3,(H,12,13)/b9-8-. The molecule has 0 radical (unpaired) electrons. The van der Waals surface area contributed by atoms with Crippen molar-refractivity contribution in [2.75, 3.05) is 0 Å². The number of thiophene rings is 1. The van der Waals surface area contributed by atoms with Crippen molar-refractivity contribution in [3.05, 3.63) is 27.5 Å². The van der Waals surface area contributed by atoms with Gasteiger partial charge in [0.15, 0.2) is 0 Å². The molecule has 1 aromatic heterocycles. The maximum absolute atomic E-state index is 10.9. The van der Waals surface area contributed by atoms with Gasteiger partial charge in [-0.3, -0.25) is 0 Å². The van der Waals surface area contributed by atoms with Gasteiger partial charge in [-0.25, -0.2) is 4.79 Å². The quantitative estimate of drug-likeness (QED) is 0.777. The lowest BCUT2D eigenvalue weighted by Gasteiger charge is -2.03. The summed E-state index contributed by atoms with van der Waals surface area (Å²) in [5.41, 5.74) is 1.39. The first-order chi connectivity index (χ1) is 6.56. The van der Waals surface area contributed by atoms with Gasteiger partial charge in [0.25, 0.3) is 0 Å². The fourth-order valence-electron chi connectivity index (χ4n) is 1.36. The van der Waals surface area contributed by atoms with Crippen LogP contribution in [0.3, 0.4) is 0 Å². The largest absolute Gasteiger partial charge is 0.478 e. The lowest BCUT2D eigenvalue weighted by Crippen LogP contribution is -2.01. The SMILES string of the molecule is CC/C(C(=O)O)=C(\C)c1ccc(C)s1. The van der Waals surface area contributed by atoms with Crippen LogP contribution < -0.4 is 0 Å². The van der Waals surface area contributed by atoms with Gasteiger partial charge in [0.05, 0.1) is 0 Å². The van der Waals surface area contributed by atoms with Crippen LogP contribution >= 0.6 is 11.3 Å². The topological polar surface area (TPSA) is 37.3 Å². The minimum atomic E-state index is -0.809. The van der Waals surface area contributed by atoms with Gasteiger partial charge in [0, 0.05) is 15.3 Å². The fraction of sp³-hybridized carbons (Fsp3) is 0.364. The third-order valence-corrected chi connectivity index (χ3v) is 3.29. The number of carboxylic acid groups (broad SMARTS) is 1. The van der Waals surface area contributed by atoms with Crippen molar-refractivity contribution in [3.8, 4) is 0 Å². The Hall–Kier alpha value is -1.09. The maximum Gasteiger partial charge on any atom is 0.331 e. The first-order valence-corrected chi connectivity index (χ1v) is 5.37. The zero-order valence-electron chi connectivity index (χ0n) is 8.63. The third-order valence-electron chi connectivity index (χ3n) is 2.17. The third kappa shape index (κ3) is 2.23. The smallest absolute Gasteiger partial charge is 0.331 e. The first kappa shape index (κ1) is 11.0. The van der Waals surface area contributed by atoms with Gasteiger partial charge in [-0.1, -0.05) is 6.92 Å². The average Bonchev–Trinajstić information content (AvgIpc) is 2.52. The van der Waals surface area contributed by atoms with E-state index in [0.29, 0.717) is 12.0 Å². The molecule has 76 valence electrons. The number of aliphatic carboxylic acids is 1. The molecule has 1 aromatic rings. The monoisotopic (exact) mass is 210 g/mol. The second-order valence-corrected chi connectivity index (χ2v) is 4.46. The highest BCUT2D eigenvalue weighted by molar-refractivity contribution is 7.13. The highest BCUT2D eigenvalue weighted by Gasteiger charge is 2.11. The van der Waals surface area contributed by atoms with E-state index in [0.717, 1.165) is 10.5 Å². The van der Waals surface area contributed by atoms with Crippen molar-refractivity contribution >= 4 is 22.9 Å². The second kappa shape index (κ2) is 4.42. The van der Waals surface area contributed by atoms with Crippen LogP contribution in [0.5, 0.6) is 0 Å². The molecule has 1 N–H and O–H groups in total. The summed E-state index contributed by atoms with van der Waals surface area (Å²) in [6.07, 6.45) is 0.568. The van der Waals surface area contributed by atoms with Gasteiger partial charge in [0.2, 0.25) is 0 Å². The molecule has 1 heterocycles. The Balaban J connectivity index is 3.13. The molecule has 0 saturated heterocycles. The molecule has 0 fully saturated rings. The number of hydrogen-bond donors (Lipinski definition) is 1. The normalized spacial score (nSPS) is 12.5. The molecule has 0 unspecified atom stereocenters. The molecule has 2 nitrogen and oxygen atoms in total. The van der Waals surface area contributed by atoms with Gasteiger partial charge in [0.1, 0.15) is 0 Å². The number of allylic oxidation sites excluding steroid dienone is 1. The van der Waals surface area contributed by atoms with Crippen LogP contribution in [-0.4, -0.2) is 11.1 Å². The van der Waals surface area contributed by atoms with E-state index in [1.807, 2.05) is 32.9 Å². The van der Waals surface area contributed by atoms with E-state index < -0.39 is 5.97 Å². The first-order valence-electron chi connectivity index (χ1n) is 4.56. The molecular formula is C11H14O2S. The summed E-state index contributed by atoms with van der Waals surface area (Å²) < 4.78 is 0. The second-order valence-electron chi connectivity index (χ2n) is 3.17. The van der Waals surface area contributed by atoms with E-state index in [1.54, 1.807) is 11.3 Å². The Morgan fingerprint density at radius 1 is 1.50 bits per heavy atom. The van der Waals surface area contributed by atoms with Crippen LogP contribution in [0, 0.1) is 6.92 Å². The number of aryl methyl sites for hydroxylation is 1. The van der Waals surface area contributed by atoms with Crippen LogP contribution in [0.2, 0.25) is 0 Å². The van der Waals surface area contributed by atoms with Crippen LogP contribution in [0.1, 0.15) is 30.0 Å². The minimum Gasteiger partial charge on any atom is -0.478 e. The average molecular weight is 210 g/mol. The van der Waals surface area contributed by atoms with Crippen molar-refractivity contribution in [1.29, 1.82) is 0 Å². The van der Waals surface area contributed by atoms with Crippen molar-refractivity contribution in [2.24, 2.45) is 0 Å². The maximum atomic E-state index is 10.9. The molecular weight excluding hydrogens is 196 g/mol. The molecule has 14 heavy (non-hydrogen) atoms. The van der Waals surface area contributed by atoms with E-state index in [9.17, 15) is 4.79 Å². The number of carboxylic acids is 1. The zero-order chi connectivity index (χ0) is 10.7. The van der Waals surface area contributed by atoms with Gasteiger partial charge >= 0.3 is 5.97 Å². The lowest BCUT2D eigenvalue weighted by molar-refractivity contribution is -0.132. The minimum absolute atomic E-state index is 0.506. The molecule has 0 amide bonds. The van der Waals surface area contributed by atoms with Crippen LogP contribution in [0.4, 0.5) is 0 Å². The molecule has 0 aliphatic rings. The Morgan fingerprint density at radius 2 is 2.14 bits per heavy atom. The van der Waals surface area contributed by atoms with Crippen LogP contribution in [0.15, 0.2) is 17.7 Å². The summed E-state index contributed by atoms with van der Waals surface area (Å²) in [7, 11) is 0. The summed E-state index contributed by atoms with van der Waals surface area (Å²) in [5.74, 6) is -0.809. The summed E-state index contributed by atoms with van der Waals surface area (Å²) >= 11 is 1.64. The number of hydrogen-bond acceptors (Lipinski definition) is 2. The zero-order valence-corrected chi connectivity index (χ0v) is 9.44. The molecule has 0 aromatic carbocycles. The molecule has 0 saturated carbocycles. The van der Waals surface area contributed by atoms with Crippen molar-refractivity contribution in [1.82, 2.24) is 0 Å². The summed E-state index contributed by atoms with van der Waals surface area (Å²) in [6.45, 7) is 5.76. The van der Waals surface area contributed by atoms with Crippen LogP contribution in [0.25, 0.3) is 5.57 Å². The molecule has 0 spiro atoms. The number of rotatable bonds is 3. The van der Waals surface area contributed by atoms with Gasteiger partial charge in [-0.05, 0) is 38.0 Å². The molecule has 0 bridgehead atoms. The molecule has 3 heteroatoms. The predicted octanol–water partition coefficient (Wildman–Crippen LogP) is 3.32. The predicted molar refractivity (Wildman–Crippen MR) is 59.6 cm³/mol. The highest BCUT2D eigenvalue weighted by Crippen LogP contribution is 2.27. The molecule has 0 aliphatic heterocycles. The fourth-order valence-corrected chi connectivity index (χ4v) is 2.26. The number of carbonyl (C=O) groups is 1. The summed E-state index contributed by atoms with van der Waals surface area (Å²) in [5, 5.41) is 8.96. The van der Waals surface area contributed by atoms with E-state index in [4.69, 9.17) is 5.11 Å². The molecule has 0 atom stereocenters. The van der Waals surface area contributed by atoms with E-state index in [2.05, 4.69) is 0 Å². The van der Waals surface area contributed by atoms with Crippen LogP contribution in [-0.2, 0) is 4.79 Å². The van der Waals surface area contributed by atoms with E-state index in [-0.39, 0.29) is 0 Å². The Morgan fingerprint density at radius 3 is 2.50 bits per heavy atom. The van der Waals surface area contributed by atoms with Gasteiger partial charge < -0.3 is 5.11 Å². The van der Waals surface area contributed by atoms with Gasteiger partial charge in [-0.2, -0.15) is 0 Å². The lowest BCUT2D eigenvalue weighted by atomic mass is 10.1. The Labute approximate surface area is 87.9 Å². The Bertz CT molecular complexity index is 374. The molecule has 1 rings (SSSR count). The summed E-state index contributed by atoms with van der Waals surface area (Å²) in [4.78, 5) is 13.2. The Kier molecular flexibility index (Phi) is 3.47. The van der Waals surface area contributed by atoms with E-state index in [1.165, 1.54) is 4.88 Å². The van der Waals surface area contributed by atoms with Gasteiger partial charge in [-0.15, -0.1) is 11.3 Å². The molecule has 0 aliphatic carbocycles. The van der Waals surface area contributed by atoms with Crippen molar-refractivity contribution in [3.63, 3.8) is 0 Å².